The lowest BCUT2D eigenvalue weighted by atomic mass is 9.74. The normalized spacial score (nSPS) is 26.8. The van der Waals surface area contributed by atoms with Gasteiger partial charge < -0.3 is 15.2 Å². The third kappa shape index (κ3) is 3.39. The van der Waals surface area contributed by atoms with E-state index < -0.39 is 0 Å². The van der Waals surface area contributed by atoms with E-state index in [1.165, 1.54) is 12.8 Å². The van der Waals surface area contributed by atoms with Gasteiger partial charge in [0.15, 0.2) is 11.5 Å². The van der Waals surface area contributed by atoms with Crippen molar-refractivity contribution >= 4 is 0 Å². The molecule has 1 aromatic heterocycles. The van der Waals surface area contributed by atoms with E-state index in [2.05, 4.69) is 16.0 Å². The monoisotopic (exact) mass is 368 g/mol. The Morgan fingerprint density at radius 1 is 1.15 bits per heavy atom. The molecule has 0 spiro atoms. The summed E-state index contributed by atoms with van der Waals surface area (Å²) in [6.45, 7) is 4.94. The van der Waals surface area contributed by atoms with Crippen LogP contribution in [-0.4, -0.2) is 54.8 Å². The Labute approximate surface area is 160 Å². The maximum Gasteiger partial charge on any atom is 0.161 e. The van der Waals surface area contributed by atoms with Gasteiger partial charge in [-0.3, -0.25) is 4.90 Å². The first-order chi connectivity index (χ1) is 13.1. The molecule has 0 saturated carbocycles. The lowest BCUT2D eigenvalue weighted by Crippen LogP contribution is -2.55. The largest absolute Gasteiger partial charge is 0.493 e. The number of nitrogens with two attached hydrogens (primary N) is 1. The third-order valence-electron chi connectivity index (χ3n) is 6.07. The van der Waals surface area contributed by atoms with Crippen LogP contribution >= 0.6 is 0 Å². The fraction of sp³-hybridized carbons (Fsp3) is 0.524. The molecule has 4 heterocycles. The van der Waals surface area contributed by atoms with Crippen LogP contribution in [0.3, 0.4) is 0 Å². The van der Waals surface area contributed by atoms with Crippen molar-refractivity contribution in [3.63, 3.8) is 0 Å². The van der Waals surface area contributed by atoms with Crippen molar-refractivity contribution in [3.8, 4) is 22.8 Å². The van der Waals surface area contributed by atoms with Crippen molar-refractivity contribution in [1.82, 2.24) is 14.9 Å². The summed E-state index contributed by atoms with van der Waals surface area (Å²) in [6.07, 6.45) is 2.41. The second kappa shape index (κ2) is 7.44. The van der Waals surface area contributed by atoms with Crippen molar-refractivity contribution in [3.05, 3.63) is 35.8 Å². The van der Waals surface area contributed by atoms with Crippen molar-refractivity contribution in [2.24, 2.45) is 11.7 Å². The minimum absolute atomic E-state index is 0.460. The number of hydrogen-bond acceptors (Lipinski definition) is 6. The van der Waals surface area contributed by atoms with Crippen molar-refractivity contribution < 1.29 is 9.47 Å². The Kier molecular flexibility index (Phi) is 5.02. The molecule has 2 aromatic rings. The molecule has 2 N–H and O–H groups in total. The highest BCUT2D eigenvalue weighted by Gasteiger charge is 2.40. The molecule has 0 aliphatic carbocycles. The summed E-state index contributed by atoms with van der Waals surface area (Å²) < 4.78 is 10.8. The molecule has 0 amide bonds. The number of fused-ring (bicyclic) bond motifs is 3. The third-order valence-corrected chi connectivity index (χ3v) is 6.07. The molecule has 3 fully saturated rings. The maximum absolute atomic E-state index is 5.96. The lowest BCUT2D eigenvalue weighted by molar-refractivity contribution is 0.0333. The first-order valence-electron chi connectivity index (χ1n) is 9.65. The van der Waals surface area contributed by atoms with E-state index in [4.69, 9.17) is 20.2 Å². The molecule has 3 saturated heterocycles. The standard InChI is InChI=1S/C21H28N4O2/c1-13-23-18(15-4-5-20(26-2)21(9-15)27-3)10-19(24-13)17-12-25-7-6-14(17)8-16(25)11-22/h4-5,9-10,14,16-17H,6-8,11-12,22H2,1-3H3/t14-,16+,17+/m0/s1. The molecule has 3 aliphatic heterocycles. The number of rotatable bonds is 5. The summed E-state index contributed by atoms with van der Waals surface area (Å²) in [6, 6.07) is 8.61. The average Bonchev–Trinajstić information content (AvgIpc) is 2.72. The van der Waals surface area contributed by atoms with Gasteiger partial charge >= 0.3 is 0 Å². The van der Waals surface area contributed by atoms with Crippen molar-refractivity contribution in [2.45, 2.75) is 31.7 Å². The Hall–Kier alpha value is -2.18. The zero-order valence-corrected chi connectivity index (χ0v) is 16.3. The predicted octanol–water partition coefficient (Wildman–Crippen LogP) is 2.61. The van der Waals surface area contributed by atoms with Crippen LogP contribution in [0.4, 0.5) is 0 Å². The summed E-state index contributed by atoms with van der Waals surface area (Å²) >= 11 is 0. The number of ether oxygens (including phenoxy) is 2. The zero-order chi connectivity index (χ0) is 19.0. The Bertz CT molecular complexity index is 826. The van der Waals surface area contributed by atoms with Crippen LogP contribution in [0, 0.1) is 12.8 Å². The molecule has 6 heteroatoms. The smallest absolute Gasteiger partial charge is 0.161 e. The second-order valence-corrected chi connectivity index (χ2v) is 7.57. The maximum atomic E-state index is 5.96. The van der Waals surface area contributed by atoms with Gasteiger partial charge in [-0.25, -0.2) is 9.97 Å². The van der Waals surface area contributed by atoms with E-state index in [-0.39, 0.29) is 0 Å². The number of aryl methyl sites for hydroxylation is 1. The molecular formula is C21H28N4O2. The molecule has 27 heavy (non-hydrogen) atoms. The number of aromatic nitrogens is 2. The van der Waals surface area contributed by atoms with Gasteiger partial charge in [0.2, 0.25) is 0 Å². The summed E-state index contributed by atoms with van der Waals surface area (Å²) in [4.78, 5) is 12.0. The molecule has 3 aliphatic rings. The van der Waals surface area contributed by atoms with E-state index in [9.17, 15) is 0 Å². The van der Waals surface area contributed by atoms with Crippen molar-refractivity contribution in [1.29, 1.82) is 0 Å². The van der Waals surface area contributed by atoms with Crippen LogP contribution < -0.4 is 15.2 Å². The SMILES string of the molecule is COc1ccc(-c2cc([C@@H]3CN4CC[C@H]3C[C@@H]4CN)nc(C)n2)cc1OC. The van der Waals surface area contributed by atoms with Gasteiger partial charge in [-0.15, -0.1) is 0 Å². The lowest BCUT2D eigenvalue weighted by Gasteiger charge is -2.49. The van der Waals surface area contributed by atoms with Crippen LogP contribution in [-0.2, 0) is 0 Å². The summed E-state index contributed by atoms with van der Waals surface area (Å²) in [7, 11) is 3.30. The number of methoxy groups -OCH3 is 2. The highest BCUT2D eigenvalue weighted by atomic mass is 16.5. The van der Waals surface area contributed by atoms with Gasteiger partial charge in [0, 0.05) is 36.3 Å². The van der Waals surface area contributed by atoms with E-state index >= 15 is 0 Å². The molecule has 2 bridgehead atoms. The Morgan fingerprint density at radius 2 is 1.96 bits per heavy atom. The van der Waals surface area contributed by atoms with Gasteiger partial charge in [-0.2, -0.15) is 0 Å². The van der Waals surface area contributed by atoms with Crippen LogP contribution in [0.15, 0.2) is 24.3 Å². The van der Waals surface area contributed by atoms with Gasteiger partial charge in [-0.1, -0.05) is 0 Å². The topological polar surface area (TPSA) is 73.5 Å². The molecule has 6 nitrogen and oxygen atoms in total. The summed E-state index contributed by atoms with van der Waals surface area (Å²) in [5.41, 5.74) is 9.06. The number of benzene rings is 1. The van der Waals surface area contributed by atoms with Crippen LogP contribution in [0.1, 0.15) is 30.3 Å². The van der Waals surface area contributed by atoms with E-state index in [1.807, 2.05) is 25.1 Å². The van der Waals surface area contributed by atoms with Crippen LogP contribution in [0.25, 0.3) is 11.3 Å². The number of nitrogens with zero attached hydrogens (tertiary/aromatic N) is 3. The van der Waals surface area contributed by atoms with Crippen molar-refractivity contribution in [2.75, 3.05) is 33.9 Å². The molecule has 1 aromatic carbocycles. The molecule has 4 atom stereocenters. The molecular weight excluding hydrogens is 340 g/mol. The Morgan fingerprint density at radius 3 is 2.63 bits per heavy atom. The average molecular weight is 368 g/mol. The highest BCUT2D eigenvalue weighted by molar-refractivity contribution is 5.64. The quantitative estimate of drug-likeness (QED) is 0.874. The van der Waals surface area contributed by atoms with E-state index in [0.29, 0.717) is 23.6 Å². The van der Waals surface area contributed by atoms with Gasteiger partial charge in [-0.05, 0) is 56.5 Å². The first-order valence-corrected chi connectivity index (χ1v) is 9.65. The minimum atomic E-state index is 0.460. The molecule has 0 radical (unpaired) electrons. The first kappa shape index (κ1) is 18.2. The molecule has 1 unspecified atom stereocenters. The number of piperidine rings is 3. The van der Waals surface area contributed by atoms with Gasteiger partial charge in [0.05, 0.1) is 19.9 Å². The summed E-state index contributed by atoms with van der Waals surface area (Å²) in [5.74, 6) is 3.36. The fourth-order valence-corrected chi connectivity index (χ4v) is 4.64. The van der Waals surface area contributed by atoms with E-state index in [0.717, 1.165) is 48.2 Å². The fourth-order valence-electron chi connectivity index (χ4n) is 4.64. The van der Waals surface area contributed by atoms with Gasteiger partial charge in [0.1, 0.15) is 5.82 Å². The molecule has 5 rings (SSSR count). The van der Waals surface area contributed by atoms with Crippen LogP contribution in [0.2, 0.25) is 0 Å². The summed E-state index contributed by atoms with van der Waals surface area (Å²) in [5, 5.41) is 0. The molecule has 144 valence electrons. The second-order valence-electron chi connectivity index (χ2n) is 7.57. The van der Waals surface area contributed by atoms with Gasteiger partial charge in [0.25, 0.3) is 0 Å². The van der Waals surface area contributed by atoms with E-state index in [1.54, 1.807) is 14.2 Å². The highest BCUT2D eigenvalue weighted by Crippen LogP contribution is 2.42. The zero-order valence-electron chi connectivity index (χ0n) is 16.3. The Balaban J connectivity index is 1.67. The van der Waals surface area contributed by atoms with Crippen LogP contribution in [0.5, 0.6) is 11.5 Å². The minimum Gasteiger partial charge on any atom is -0.493 e. The predicted molar refractivity (Wildman–Crippen MR) is 105 cm³/mol. The number of hydrogen-bond donors (Lipinski definition) is 1.